The van der Waals surface area contributed by atoms with Gasteiger partial charge in [0.2, 0.25) is 0 Å². The van der Waals surface area contributed by atoms with E-state index < -0.39 is 5.97 Å². The molecule has 1 aromatic heterocycles. The first-order valence-electron chi connectivity index (χ1n) is 7.84. The summed E-state index contributed by atoms with van der Waals surface area (Å²) in [4.78, 5) is 20.6. The molecule has 5 nitrogen and oxygen atoms in total. The number of aryl methyl sites for hydroxylation is 1. The standard InChI is InChI=1S/C16H23N3O2/c1-12-5-7-17-15(14(12)16(20)21)19-10-6-13(11-19)18-8-3-2-4-9-18/h5,7,13H,2-4,6,8-11H2,1H3,(H,20,21). The minimum atomic E-state index is -0.878. The van der Waals surface area contributed by atoms with E-state index >= 15 is 0 Å². The van der Waals surface area contributed by atoms with Gasteiger partial charge >= 0.3 is 5.97 Å². The zero-order valence-electron chi connectivity index (χ0n) is 12.6. The van der Waals surface area contributed by atoms with E-state index in [1.54, 1.807) is 12.3 Å². The molecule has 2 fully saturated rings. The van der Waals surface area contributed by atoms with Crippen molar-refractivity contribution >= 4 is 11.8 Å². The summed E-state index contributed by atoms with van der Waals surface area (Å²) in [5.74, 6) is -0.237. The third kappa shape index (κ3) is 2.88. The number of rotatable bonds is 3. The number of pyridine rings is 1. The van der Waals surface area contributed by atoms with Crippen LogP contribution < -0.4 is 4.90 Å². The molecular weight excluding hydrogens is 266 g/mol. The number of carbonyl (C=O) groups is 1. The number of piperidine rings is 1. The molecule has 3 heterocycles. The van der Waals surface area contributed by atoms with Crippen LogP contribution in [-0.4, -0.2) is 53.2 Å². The number of likely N-dealkylation sites (tertiary alicyclic amines) is 1. The summed E-state index contributed by atoms with van der Waals surface area (Å²) in [6.07, 6.45) is 6.74. The minimum Gasteiger partial charge on any atom is -0.478 e. The molecule has 1 aromatic rings. The van der Waals surface area contributed by atoms with Gasteiger partial charge in [-0.25, -0.2) is 9.78 Å². The first-order valence-corrected chi connectivity index (χ1v) is 7.84. The van der Waals surface area contributed by atoms with Gasteiger partial charge in [-0.3, -0.25) is 4.90 Å². The summed E-state index contributed by atoms with van der Waals surface area (Å²) in [6, 6.07) is 2.32. The Kier molecular flexibility index (Phi) is 4.10. The maximum absolute atomic E-state index is 11.5. The van der Waals surface area contributed by atoms with Crippen molar-refractivity contribution in [2.75, 3.05) is 31.1 Å². The van der Waals surface area contributed by atoms with E-state index in [-0.39, 0.29) is 0 Å². The van der Waals surface area contributed by atoms with Crippen molar-refractivity contribution < 1.29 is 9.90 Å². The average molecular weight is 289 g/mol. The van der Waals surface area contributed by atoms with Crippen LogP contribution in [0, 0.1) is 6.92 Å². The summed E-state index contributed by atoms with van der Waals surface area (Å²) in [5, 5.41) is 9.44. The number of anilines is 1. The Bertz CT molecular complexity index is 526. The van der Waals surface area contributed by atoms with Gasteiger partial charge in [0, 0.05) is 25.3 Å². The fraction of sp³-hybridized carbons (Fsp3) is 0.625. The number of hydrogen-bond acceptors (Lipinski definition) is 4. The van der Waals surface area contributed by atoms with Crippen LogP contribution in [0.2, 0.25) is 0 Å². The normalized spacial score (nSPS) is 23.5. The van der Waals surface area contributed by atoms with Crippen LogP contribution in [-0.2, 0) is 0 Å². The molecule has 0 aliphatic carbocycles. The third-order valence-corrected chi connectivity index (χ3v) is 4.72. The smallest absolute Gasteiger partial charge is 0.339 e. The quantitative estimate of drug-likeness (QED) is 0.924. The van der Waals surface area contributed by atoms with Gasteiger partial charge in [0.05, 0.1) is 0 Å². The maximum atomic E-state index is 11.5. The van der Waals surface area contributed by atoms with Crippen molar-refractivity contribution in [3.8, 4) is 0 Å². The van der Waals surface area contributed by atoms with Crippen LogP contribution in [0.15, 0.2) is 12.3 Å². The van der Waals surface area contributed by atoms with Crippen molar-refractivity contribution in [1.29, 1.82) is 0 Å². The molecule has 0 spiro atoms. The van der Waals surface area contributed by atoms with Crippen LogP contribution in [0.5, 0.6) is 0 Å². The molecule has 2 saturated heterocycles. The molecule has 2 aliphatic heterocycles. The Morgan fingerprint density at radius 3 is 2.76 bits per heavy atom. The molecule has 1 atom stereocenters. The molecule has 1 unspecified atom stereocenters. The molecule has 5 heteroatoms. The number of carboxylic acid groups (broad SMARTS) is 1. The van der Waals surface area contributed by atoms with Crippen molar-refractivity contribution in [3.05, 3.63) is 23.4 Å². The van der Waals surface area contributed by atoms with Crippen LogP contribution >= 0.6 is 0 Å². The second-order valence-electron chi connectivity index (χ2n) is 6.12. The fourth-order valence-electron chi connectivity index (χ4n) is 3.56. The molecule has 0 radical (unpaired) electrons. The zero-order chi connectivity index (χ0) is 14.8. The predicted molar refractivity (Wildman–Crippen MR) is 82.0 cm³/mol. The lowest BCUT2D eigenvalue weighted by Crippen LogP contribution is -2.41. The second kappa shape index (κ2) is 6.02. The molecule has 0 saturated carbocycles. The van der Waals surface area contributed by atoms with E-state index in [9.17, 15) is 9.90 Å². The highest BCUT2D eigenvalue weighted by molar-refractivity contribution is 5.95. The van der Waals surface area contributed by atoms with Gasteiger partial charge < -0.3 is 10.0 Å². The Labute approximate surface area is 125 Å². The SMILES string of the molecule is Cc1ccnc(N2CCC(N3CCCCC3)C2)c1C(=O)O. The van der Waals surface area contributed by atoms with Gasteiger partial charge in [0.25, 0.3) is 0 Å². The van der Waals surface area contributed by atoms with Gasteiger partial charge in [0.15, 0.2) is 0 Å². The van der Waals surface area contributed by atoms with E-state index in [4.69, 9.17) is 0 Å². The summed E-state index contributed by atoms with van der Waals surface area (Å²) in [6.45, 7) is 6.01. The van der Waals surface area contributed by atoms with E-state index in [2.05, 4.69) is 14.8 Å². The van der Waals surface area contributed by atoms with Gasteiger partial charge in [-0.15, -0.1) is 0 Å². The highest BCUT2D eigenvalue weighted by atomic mass is 16.4. The van der Waals surface area contributed by atoms with Crippen molar-refractivity contribution in [2.45, 2.75) is 38.6 Å². The average Bonchev–Trinajstić information content (AvgIpc) is 2.97. The zero-order valence-corrected chi connectivity index (χ0v) is 12.6. The van der Waals surface area contributed by atoms with E-state index in [1.165, 1.54) is 32.4 Å². The second-order valence-corrected chi connectivity index (χ2v) is 6.12. The highest BCUT2D eigenvalue weighted by Crippen LogP contribution is 2.27. The Morgan fingerprint density at radius 2 is 2.05 bits per heavy atom. The first kappa shape index (κ1) is 14.3. The van der Waals surface area contributed by atoms with E-state index in [1.807, 2.05) is 6.92 Å². The van der Waals surface area contributed by atoms with E-state index in [0.717, 1.165) is 25.1 Å². The van der Waals surface area contributed by atoms with Crippen LogP contribution in [0.4, 0.5) is 5.82 Å². The monoisotopic (exact) mass is 289 g/mol. The van der Waals surface area contributed by atoms with Crippen molar-refractivity contribution in [1.82, 2.24) is 9.88 Å². The van der Waals surface area contributed by atoms with Gasteiger partial charge in [0.1, 0.15) is 11.4 Å². The molecule has 1 N–H and O–H groups in total. The number of nitrogens with zero attached hydrogens (tertiary/aromatic N) is 3. The number of aromatic nitrogens is 1. The largest absolute Gasteiger partial charge is 0.478 e. The molecule has 3 rings (SSSR count). The molecule has 0 aromatic carbocycles. The molecule has 114 valence electrons. The van der Waals surface area contributed by atoms with Gasteiger partial charge in [-0.05, 0) is 50.9 Å². The topological polar surface area (TPSA) is 56.7 Å². The lowest BCUT2D eigenvalue weighted by atomic mass is 10.1. The number of hydrogen-bond donors (Lipinski definition) is 1. The molecule has 2 aliphatic rings. The highest BCUT2D eigenvalue weighted by Gasteiger charge is 2.31. The lowest BCUT2D eigenvalue weighted by Gasteiger charge is -2.32. The summed E-state index contributed by atoms with van der Waals surface area (Å²) in [5.41, 5.74) is 1.14. The van der Waals surface area contributed by atoms with Crippen LogP contribution in [0.1, 0.15) is 41.6 Å². The van der Waals surface area contributed by atoms with Crippen LogP contribution in [0.3, 0.4) is 0 Å². The Morgan fingerprint density at radius 1 is 1.29 bits per heavy atom. The minimum absolute atomic E-state index is 0.358. The molecule has 0 bridgehead atoms. The lowest BCUT2D eigenvalue weighted by molar-refractivity contribution is 0.0696. The summed E-state index contributed by atoms with van der Waals surface area (Å²) >= 11 is 0. The first-order chi connectivity index (χ1) is 10.2. The summed E-state index contributed by atoms with van der Waals surface area (Å²) < 4.78 is 0. The Hall–Kier alpha value is -1.62. The fourth-order valence-corrected chi connectivity index (χ4v) is 3.56. The number of carboxylic acids is 1. The van der Waals surface area contributed by atoms with E-state index in [0.29, 0.717) is 17.4 Å². The summed E-state index contributed by atoms with van der Waals surface area (Å²) in [7, 11) is 0. The van der Waals surface area contributed by atoms with Crippen molar-refractivity contribution in [2.24, 2.45) is 0 Å². The van der Waals surface area contributed by atoms with Crippen LogP contribution in [0.25, 0.3) is 0 Å². The molecule has 0 amide bonds. The Balaban J connectivity index is 1.77. The van der Waals surface area contributed by atoms with Gasteiger partial charge in [-0.2, -0.15) is 0 Å². The predicted octanol–water partition coefficient (Wildman–Crippen LogP) is 2.15. The maximum Gasteiger partial charge on any atom is 0.339 e. The van der Waals surface area contributed by atoms with Gasteiger partial charge in [-0.1, -0.05) is 6.42 Å². The third-order valence-electron chi connectivity index (χ3n) is 4.72. The van der Waals surface area contributed by atoms with Crippen molar-refractivity contribution in [3.63, 3.8) is 0 Å². The molecule has 21 heavy (non-hydrogen) atoms. The number of aromatic carboxylic acids is 1. The molecular formula is C16H23N3O2.